The summed E-state index contributed by atoms with van der Waals surface area (Å²) in [5.41, 5.74) is 0.0240. The first kappa shape index (κ1) is 14.6. The Balaban J connectivity index is 2.71. The van der Waals surface area contributed by atoms with Gasteiger partial charge in [-0.25, -0.2) is 4.39 Å². The van der Waals surface area contributed by atoms with Crippen molar-refractivity contribution < 1.29 is 17.6 Å². The Hall–Kier alpha value is -1.81. The number of hydrogen-bond donors (Lipinski definition) is 0. The maximum atomic E-state index is 13.3. The van der Waals surface area contributed by atoms with E-state index in [4.69, 9.17) is 11.6 Å². The molecule has 0 saturated carbocycles. The van der Waals surface area contributed by atoms with Gasteiger partial charge in [0.1, 0.15) is 5.82 Å². The molecule has 0 fully saturated rings. The van der Waals surface area contributed by atoms with Gasteiger partial charge in [0.2, 0.25) is 0 Å². The summed E-state index contributed by atoms with van der Waals surface area (Å²) in [6.45, 7) is 3.54. The van der Waals surface area contributed by atoms with E-state index in [9.17, 15) is 17.6 Å². The lowest BCUT2D eigenvalue weighted by Gasteiger charge is -2.13. The Morgan fingerprint density at radius 3 is 2.30 bits per heavy atom. The molecule has 0 heterocycles. The molecule has 0 bridgehead atoms. The van der Waals surface area contributed by atoms with Gasteiger partial charge in [0.05, 0.1) is 5.56 Å². The van der Waals surface area contributed by atoms with Crippen LogP contribution >= 0.6 is 11.6 Å². The van der Waals surface area contributed by atoms with Gasteiger partial charge in [0.25, 0.3) is 0 Å². The third kappa shape index (κ3) is 2.85. The van der Waals surface area contributed by atoms with Gasteiger partial charge >= 0.3 is 6.18 Å². The molecule has 0 aliphatic rings. The maximum Gasteiger partial charge on any atom is 0.416 e. The van der Waals surface area contributed by atoms with Gasteiger partial charge in [0, 0.05) is 10.6 Å². The van der Waals surface area contributed by atoms with Gasteiger partial charge in [-0.05, 0) is 41.5 Å². The SMILES string of the molecule is C=Cc1ccc(C(F)(F)F)cc1-c1cc(F)ccc1Cl. The summed E-state index contributed by atoms with van der Waals surface area (Å²) < 4.78 is 51.6. The molecule has 0 spiro atoms. The van der Waals surface area contributed by atoms with E-state index in [2.05, 4.69) is 6.58 Å². The topological polar surface area (TPSA) is 0 Å². The number of benzene rings is 2. The summed E-state index contributed by atoms with van der Waals surface area (Å²) in [6.07, 6.45) is -3.08. The summed E-state index contributed by atoms with van der Waals surface area (Å²) in [5.74, 6) is -0.572. The Labute approximate surface area is 118 Å². The predicted octanol–water partition coefficient (Wildman–Crippen LogP) is 5.81. The van der Waals surface area contributed by atoms with Crippen LogP contribution in [-0.2, 0) is 6.18 Å². The molecule has 5 heteroatoms. The van der Waals surface area contributed by atoms with E-state index in [1.807, 2.05) is 0 Å². The summed E-state index contributed by atoms with van der Waals surface area (Å²) >= 11 is 5.94. The highest BCUT2D eigenvalue weighted by Gasteiger charge is 2.31. The van der Waals surface area contributed by atoms with Crippen LogP contribution in [0, 0.1) is 5.82 Å². The Bertz CT molecular complexity index is 659. The zero-order chi connectivity index (χ0) is 14.9. The fraction of sp³-hybridized carbons (Fsp3) is 0.0667. The van der Waals surface area contributed by atoms with Gasteiger partial charge in [0.15, 0.2) is 0 Å². The van der Waals surface area contributed by atoms with Crippen LogP contribution in [0.5, 0.6) is 0 Å². The summed E-state index contributed by atoms with van der Waals surface area (Å²) in [7, 11) is 0. The molecule has 0 amide bonds. The van der Waals surface area contributed by atoms with Crippen LogP contribution in [0.4, 0.5) is 17.6 Å². The minimum absolute atomic E-state index is 0.175. The molecule has 2 aromatic rings. The van der Waals surface area contributed by atoms with E-state index in [0.29, 0.717) is 5.56 Å². The highest BCUT2D eigenvalue weighted by molar-refractivity contribution is 6.33. The van der Waals surface area contributed by atoms with E-state index in [-0.39, 0.29) is 16.1 Å². The largest absolute Gasteiger partial charge is 0.416 e. The van der Waals surface area contributed by atoms with Crippen molar-refractivity contribution in [2.75, 3.05) is 0 Å². The molecular formula is C15H9ClF4. The van der Waals surface area contributed by atoms with Crippen molar-refractivity contribution in [3.05, 3.63) is 64.9 Å². The Morgan fingerprint density at radius 2 is 1.70 bits per heavy atom. The molecule has 0 aromatic heterocycles. The minimum atomic E-state index is -4.48. The Kier molecular flexibility index (Phi) is 3.86. The fourth-order valence-electron chi connectivity index (χ4n) is 1.85. The standard InChI is InChI=1S/C15H9ClF4/c1-2-9-3-4-10(15(18,19)20)7-12(9)13-8-11(17)5-6-14(13)16/h2-8H,1H2. The van der Waals surface area contributed by atoms with Crippen molar-refractivity contribution in [3.8, 4) is 11.1 Å². The third-order valence-electron chi connectivity index (χ3n) is 2.82. The second-order valence-electron chi connectivity index (χ2n) is 4.13. The monoisotopic (exact) mass is 300 g/mol. The molecule has 2 rings (SSSR count). The molecule has 20 heavy (non-hydrogen) atoms. The van der Waals surface area contributed by atoms with Crippen LogP contribution < -0.4 is 0 Å². The van der Waals surface area contributed by atoms with E-state index in [0.717, 1.165) is 24.3 Å². The first-order valence-corrected chi connectivity index (χ1v) is 6.00. The quantitative estimate of drug-likeness (QED) is 0.614. The van der Waals surface area contributed by atoms with Gasteiger partial charge in [-0.3, -0.25) is 0 Å². The van der Waals surface area contributed by atoms with E-state index in [1.165, 1.54) is 18.2 Å². The van der Waals surface area contributed by atoms with Crippen LogP contribution in [-0.4, -0.2) is 0 Å². The number of rotatable bonds is 2. The normalized spacial score (nSPS) is 11.4. The molecule has 0 N–H and O–H groups in total. The maximum absolute atomic E-state index is 13.3. The lowest BCUT2D eigenvalue weighted by Crippen LogP contribution is -2.05. The number of alkyl halides is 3. The van der Waals surface area contributed by atoms with Gasteiger partial charge in [-0.2, -0.15) is 13.2 Å². The van der Waals surface area contributed by atoms with Crippen molar-refractivity contribution in [3.63, 3.8) is 0 Å². The molecular weight excluding hydrogens is 292 g/mol. The second-order valence-corrected chi connectivity index (χ2v) is 4.54. The summed E-state index contributed by atoms with van der Waals surface area (Å²) in [5, 5.41) is 0.175. The lowest BCUT2D eigenvalue weighted by molar-refractivity contribution is -0.137. The van der Waals surface area contributed by atoms with E-state index in [1.54, 1.807) is 0 Å². The van der Waals surface area contributed by atoms with Crippen LogP contribution in [0.2, 0.25) is 5.02 Å². The van der Waals surface area contributed by atoms with Crippen molar-refractivity contribution in [2.24, 2.45) is 0 Å². The lowest BCUT2D eigenvalue weighted by atomic mass is 9.97. The smallest absolute Gasteiger partial charge is 0.207 e. The Morgan fingerprint density at radius 1 is 1.00 bits per heavy atom. The molecule has 0 unspecified atom stereocenters. The van der Waals surface area contributed by atoms with Crippen LogP contribution in [0.25, 0.3) is 17.2 Å². The van der Waals surface area contributed by atoms with E-state index < -0.39 is 17.6 Å². The van der Waals surface area contributed by atoms with Gasteiger partial charge < -0.3 is 0 Å². The van der Waals surface area contributed by atoms with Crippen LogP contribution in [0.3, 0.4) is 0 Å². The molecule has 0 nitrogen and oxygen atoms in total. The molecule has 2 aromatic carbocycles. The molecule has 0 radical (unpaired) electrons. The van der Waals surface area contributed by atoms with Gasteiger partial charge in [-0.1, -0.05) is 30.3 Å². The first-order chi connectivity index (χ1) is 9.32. The summed E-state index contributed by atoms with van der Waals surface area (Å²) in [6, 6.07) is 6.73. The van der Waals surface area contributed by atoms with Crippen molar-refractivity contribution in [1.82, 2.24) is 0 Å². The number of hydrogen-bond acceptors (Lipinski definition) is 0. The van der Waals surface area contributed by atoms with Crippen molar-refractivity contribution >= 4 is 17.7 Å². The predicted molar refractivity (Wildman–Crippen MR) is 71.9 cm³/mol. The fourth-order valence-corrected chi connectivity index (χ4v) is 2.07. The first-order valence-electron chi connectivity index (χ1n) is 5.62. The zero-order valence-electron chi connectivity index (χ0n) is 10.1. The second kappa shape index (κ2) is 5.29. The molecule has 0 atom stereocenters. The molecule has 104 valence electrons. The average Bonchev–Trinajstić information content (AvgIpc) is 2.40. The van der Waals surface area contributed by atoms with Gasteiger partial charge in [-0.15, -0.1) is 0 Å². The summed E-state index contributed by atoms with van der Waals surface area (Å²) in [4.78, 5) is 0. The minimum Gasteiger partial charge on any atom is -0.207 e. The van der Waals surface area contributed by atoms with Crippen LogP contribution in [0.1, 0.15) is 11.1 Å². The van der Waals surface area contributed by atoms with Crippen molar-refractivity contribution in [2.45, 2.75) is 6.18 Å². The third-order valence-corrected chi connectivity index (χ3v) is 3.15. The zero-order valence-corrected chi connectivity index (χ0v) is 10.9. The number of halogens is 5. The van der Waals surface area contributed by atoms with E-state index >= 15 is 0 Å². The highest BCUT2D eigenvalue weighted by atomic mass is 35.5. The highest BCUT2D eigenvalue weighted by Crippen LogP contribution is 2.37. The molecule has 0 aliphatic carbocycles. The average molecular weight is 301 g/mol. The molecule has 0 aliphatic heterocycles. The van der Waals surface area contributed by atoms with Crippen molar-refractivity contribution in [1.29, 1.82) is 0 Å². The molecule has 0 saturated heterocycles. The van der Waals surface area contributed by atoms with Crippen LogP contribution in [0.15, 0.2) is 43.0 Å².